The molecule has 0 fully saturated rings. The number of rotatable bonds is 6. The lowest BCUT2D eigenvalue weighted by Gasteiger charge is -2.17. The van der Waals surface area contributed by atoms with Gasteiger partial charge < -0.3 is 5.32 Å². The molecule has 1 N–H and O–H groups in total. The van der Waals surface area contributed by atoms with Crippen LogP contribution in [0, 0.1) is 6.92 Å². The van der Waals surface area contributed by atoms with Crippen molar-refractivity contribution in [3.63, 3.8) is 0 Å². The molecule has 2 rings (SSSR count). The van der Waals surface area contributed by atoms with Crippen LogP contribution in [0.5, 0.6) is 0 Å². The first-order chi connectivity index (χ1) is 10.4. The lowest BCUT2D eigenvalue weighted by molar-refractivity contribution is -0.120. The molecule has 0 saturated heterocycles. The van der Waals surface area contributed by atoms with Gasteiger partial charge in [-0.05, 0) is 30.5 Å². The first-order valence-electron chi connectivity index (χ1n) is 7.05. The van der Waals surface area contributed by atoms with E-state index < -0.39 is 15.1 Å². The summed E-state index contributed by atoms with van der Waals surface area (Å²) in [7, 11) is -3.55. The minimum absolute atomic E-state index is 0.0867. The Morgan fingerprint density at radius 1 is 1.23 bits per heavy atom. The molecule has 4 nitrogen and oxygen atoms in total. The number of thiophene rings is 1. The molecule has 118 valence electrons. The molecule has 0 radical (unpaired) electrons. The summed E-state index contributed by atoms with van der Waals surface area (Å²) in [5, 5.41) is 3.78. The average Bonchev–Trinajstić information content (AvgIpc) is 3.01. The van der Waals surface area contributed by atoms with Crippen molar-refractivity contribution in [1.29, 1.82) is 0 Å². The van der Waals surface area contributed by atoms with Crippen molar-refractivity contribution in [2.45, 2.75) is 30.4 Å². The minimum Gasteiger partial charge on any atom is -0.354 e. The van der Waals surface area contributed by atoms with Crippen LogP contribution in [-0.4, -0.2) is 20.9 Å². The molecular weight excluding hydrogens is 318 g/mol. The van der Waals surface area contributed by atoms with Crippen LogP contribution in [0.15, 0.2) is 46.7 Å². The minimum atomic E-state index is -3.55. The number of amides is 1. The summed E-state index contributed by atoms with van der Waals surface area (Å²) in [6, 6.07) is 10.4. The second-order valence-corrected chi connectivity index (χ2v) is 8.13. The van der Waals surface area contributed by atoms with Crippen molar-refractivity contribution in [2.24, 2.45) is 0 Å². The first-order valence-corrected chi connectivity index (χ1v) is 9.48. The average molecular weight is 337 g/mol. The molecule has 0 bridgehead atoms. The van der Waals surface area contributed by atoms with Crippen molar-refractivity contribution in [3.05, 3.63) is 52.2 Å². The molecule has 0 aliphatic rings. The van der Waals surface area contributed by atoms with Gasteiger partial charge in [-0.25, -0.2) is 8.42 Å². The normalized spacial score (nSPS) is 12.8. The quantitative estimate of drug-likeness (QED) is 0.881. The number of aryl methyl sites for hydroxylation is 1. The maximum atomic E-state index is 12.9. The van der Waals surface area contributed by atoms with Crippen molar-refractivity contribution in [2.75, 3.05) is 6.54 Å². The zero-order valence-corrected chi connectivity index (χ0v) is 14.2. The van der Waals surface area contributed by atoms with Gasteiger partial charge in [0.15, 0.2) is 9.84 Å². The van der Waals surface area contributed by atoms with Crippen LogP contribution in [0.3, 0.4) is 0 Å². The van der Waals surface area contributed by atoms with Crippen LogP contribution in [0.25, 0.3) is 0 Å². The number of hydrogen-bond donors (Lipinski definition) is 1. The highest BCUT2D eigenvalue weighted by molar-refractivity contribution is 7.91. The molecule has 0 spiro atoms. The lowest BCUT2D eigenvalue weighted by atomic mass is 10.2. The monoisotopic (exact) mass is 337 g/mol. The Labute approximate surface area is 135 Å². The first kappa shape index (κ1) is 16.7. The van der Waals surface area contributed by atoms with Crippen molar-refractivity contribution >= 4 is 27.1 Å². The summed E-state index contributed by atoms with van der Waals surface area (Å²) < 4.78 is 25.8. The van der Waals surface area contributed by atoms with Crippen LogP contribution in [0.2, 0.25) is 0 Å². The highest BCUT2D eigenvalue weighted by atomic mass is 32.2. The predicted octanol–water partition coefficient (Wildman–Crippen LogP) is 3.10. The molecule has 0 aliphatic heterocycles. The van der Waals surface area contributed by atoms with Crippen LogP contribution in [-0.2, 0) is 14.6 Å². The molecule has 22 heavy (non-hydrogen) atoms. The molecule has 0 saturated carbocycles. The number of nitrogens with one attached hydrogen (secondary N) is 1. The molecule has 1 aromatic heterocycles. The van der Waals surface area contributed by atoms with Crippen molar-refractivity contribution < 1.29 is 13.2 Å². The number of carbonyl (C=O) groups is 1. The van der Waals surface area contributed by atoms with E-state index in [1.165, 1.54) is 11.3 Å². The summed E-state index contributed by atoms with van der Waals surface area (Å²) in [5.41, 5.74) is 1.01. The Bertz CT molecular complexity index is 719. The molecule has 1 aromatic carbocycles. The highest BCUT2D eigenvalue weighted by Crippen LogP contribution is 2.31. The number of benzene rings is 1. The molecule has 1 amide bonds. The largest absolute Gasteiger partial charge is 0.354 e. The molecule has 0 aliphatic carbocycles. The summed E-state index contributed by atoms with van der Waals surface area (Å²) in [6.07, 6.45) is 0.335. The van der Waals surface area contributed by atoms with Gasteiger partial charge in [0, 0.05) is 17.8 Å². The smallest absolute Gasteiger partial charge is 0.219 e. The van der Waals surface area contributed by atoms with Gasteiger partial charge in [0.25, 0.3) is 0 Å². The summed E-state index contributed by atoms with van der Waals surface area (Å²) >= 11 is 1.38. The van der Waals surface area contributed by atoms with E-state index in [4.69, 9.17) is 0 Å². The van der Waals surface area contributed by atoms with E-state index in [1.54, 1.807) is 37.3 Å². The highest BCUT2D eigenvalue weighted by Gasteiger charge is 2.30. The summed E-state index contributed by atoms with van der Waals surface area (Å²) in [5.74, 6) is -0.152. The standard InChI is InChI=1S/C16H19NO3S2/c1-3-16(18)17-11-15(14-5-4-10-21-14)22(19,20)13-8-6-12(2)7-9-13/h4-10,15H,3,11H2,1-2H3,(H,17,18)/t15-/m1/s1. The molecule has 1 atom stereocenters. The molecule has 1 heterocycles. The Morgan fingerprint density at radius 2 is 1.91 bits per heavy atom. The lowest BCUT2D eigenvalue weighted by Crippen LogP contribution is -2.31. The second kappa shape index (κ2) is 7.07. The SMILES string of the molecule is CCC(=O)NC[C@H](c1cccs1)S(=O)(=O)c1ccc(C)cc1. The zero-order chi connectivity index (χ0) is 16.2. The molecule has 6 heteroatoms. The van der Waals surface area contributed by atoms with Crippen LogP contribution >= 0.6 is 11.3 Å². The van der Waals surface area contributed by atoms with Gasteiger partial charge in [0.1, 0.15) is 5.25 Å². The van der Waals surface area contributed by atoms with Crippen molar-refractivity contribution in [3.8, 4) is 0 Å². The summed E-state index contributed by atoms with van der Waals surface area (Å²) in [4.78, 5) is 12.5. The van der Waals surface area contributed by atoms with E-state index in [1.807, 2.05) is 18.4 Å². The fourth-order valence-corrected chi connectivity index (χ4v) is 4.85. The number of carbonyl (C=O) groups excluding carboxylic acids is 1. The maximum Gasteiger partial charge on any atom is 0.219 e. The number of hydrogen-bond acceptors (Lipinski definition) is 4. The Balaban J connectivity index is 2.35. The van der Waals surface area contributed by atoms with Crippen molar-refractivity contribution in [1.82, 2.24) is 5.32 Å². The van der Waals surface area contributed by atoms with E-state index in [0.29, 0.717) is 6.42 Å². The zero-order valence-electron chi connectivity index (χ0n) is 12.6. The van der Waals surface area contributed by atoms with Gasteiger partial charge in [-0.3, -0.25) is 4.79 Å². The molecule has 0 unspecified atom stereocenters. The van der Waals surface area contributed by atoms with E-state index in [9.17, 15) is 13.2 Å². The third kappa shape index (κ3) is 3.75. The summed E-state index contributed by atoms with van der Waals surface area (Å²) in [6.45, 7) is 3.74. The van der Waals surface area contributed by atoms with Gasteiger partial charge in [-0.1, -0.05) is 30.7 Å². The van der Waals surface area contributed by atoms with E-state index in [0.717, 1.165) is 10.4 Å². The van der Waals surface area contributed by atoms with E-state index in [2.05, 4.69) is 5.32 Å². The van der Waals surface area contributed by atoms with Crippen LogP contribution in [0.4, 0.5) is 0 Å². The van der Waals surface area contributed by atoms with Gasteiger partial charge in [-0.2, -0.15) is 0 Å². The molecular formula is C16H19NO3S2. The fraction of sp³-hybridized carbons (Fsp3) is 0.312. The Hall–Kier alpha value is -1.66. The second-order valence-electron chi connectivity index (χ2n) is 5.02. The number of sulfone groups is 1. The van der Waals surface area contributed by atoms with Gasteiger partial charge in [0.05, 0.1) is 4.90 Å². The van der Waals surface area contributed by atoms with Gasteiger partial charge in [0.2, 0.25) is 5.91 Å². The maximum absolute atomic E-state index is 12.9. The van der Waals surface area contributed by atoms with Gasteiger partial charge >= 0.3 is 0 Å². The van der Waals surface area contributed by atoms with E-state index in [-0.39, 0.29) is 17.3 Å². The third-order valence-corrected chi connectivity index (χ3v) is 6.62. The van der Waals surface area contributed by atoms with Gasteiger partial charge in [-0.15, -0.1) is 11.3 Å². The Morgan fingerprint density at radius 3 is 2.45 bits per heavy atom. The van der Waals surface area contributed by atoms with Crippen LogP contribution < -0.4 is 5.32 Å². The topological polar surface area (TPSA) is 63.2 Å². The fourth-order valence-electron chi connectivity index (χ4n) is 2.06. The molecule has 2 aromatic rings. The third-order valence-electron chi connectivity index (χ3n) is 3.39. The Kier molecular flexibility index (Phi) is 5.37. The predicted molar refractivity (Wildman–Crippen MR) is 88.7 cm³/mol. The van der Waals surface area contributed by atoms with E-state index >= 15 is 0 Å². The van der Waals surface area contributed by atoms with Crippen LogP contribution in [0.1, 0.15) is 29.0 Å².